The summed E-state index contributed by atoms with van der Waals surface area (Å²) >= 11 is 0. The van der Waals surface area contributed by atoms with Crippen LogP contribution in [0.3, 0.4) is 0 Å². The van der Waals surface area contributed by atoms with Crippen LogP contribution in [-0.2, 0) is 23.7 Å². The molecule has 1 amide bonds. The molecule has 14 heteroatoms. The second-order valence-corrected chi connectivity index (χ2v) is 11.6. The van der Waals surface area contributed by atoms with Crippen molar-refractivity contribution in [1.82, 2.24) is 24.6 Å². The lowest BCUT2D eigenvalue weighted by atomic mass is 10.0. The van der Waals surface area contributed by atoms with Crippen molar-refractivity contribution in [3.8, 4) is 11.4 Å². The molecule has 242 valence electrons. The molecule has 47 heavy (non-hydrogen) atoms. The summed E-state index contributed by atoms with van der Waals surface area (Å²) in [6.07, 6.45) is -3.36. The number of nitrogens with zero attached hydrogens (tertiary/aromatic N) is 4. The maximum atomic E-state index is 15.2. The van der Waals surface area contributed by atoms with Crippen molar-refractivity contribution in [3.05, 3.63) is 117 Å². The van der Waals surface area contributed by atoms with Gasteiger partial charge < -0.3 is 10.1 Å². The van der Waals surface area contributed by atoms with Crippen molar-refractivity contribution in [2.45, 2.75) is 43.7 Å². The minimum absolute atomic E-state index is 0.0394. The Bertz CT molecular complexity index is 2080. The van der Waals surface area contributed by atoms with E-state index in [1.165, 1.54) is 11.7 Å². The van der Waals surface area contributed by atoms with Crippen LogP contribution in [0.4, 0.5) is 26.3 Å². The molecule has 1 N–H and O–H groups in total. The maximum absolute atomic E-state index is 15.2. The highest BCUT2D eigenvalue weighted by molar-refractivity contribution is 5.79. The number of carbonyl (C=O) groups excluding carboxylic acids is 1. The van der Waals surface area contributed by atoms with Gasteiger partial charge in [0.2, 0.25) is 5.91 Å². The number of hydrogen-bond donors (Lipinski definition) is 1. The summed E-state index contributed by atoms with van der Waals surface area (Å²) in [6.45, 7) is -0.863. The molecule has 0 unspecified atom stereocenters. The van der Waals surface area contributed by atoms with E-state index in [1.807, 2.05) is 0 Å². The van der Waals surface area contributed by atoms with Gasteiger partial charge in [0.1, 0.15) is 41.1 Å². The maximum Gasteiger partial charge on any atom is 0.293 e. The molecule has 0 bridgehead atoms. The summed E-state index contributed by atoms with van der Waals surface area (Å²) in [4.78, 5) is 32.2. The van der Waals surface area contributed by atoms with Gasteiger partial charge in [-0.05, 0) is 66.4 Å². The van der Waals surface area contributed by atoms with Crippen molar-refractivity contribution < 1.29 is 35.9 Å². The standard InChI is InChI=1S/C33H25F6N5O3/c1-47-20-8-6-19(7-9-20)44-31(41-24-5-3-2-4-21(24)32(44)46)25(12-16-10-17(34)13-18(35)11-16)40-26(45)15-43-29-27(28(42-43)30(36)37)22-14-23(22)33(29,38)39/h2-11,13,22-23,25,30H,12,14-15H2,1H3,(H,40,45)/t22-,23+,25-/m0/s1. The first kappa shape index (κ1) is 30.5. The van der Waals surface area contributed by atoms with E-state index < -0.39 is 71.3 Å². The zero-order valence-corrected chi connectivity index (χ0v) is 24.6. The number of benzene rings is 3. The summed E-state index contributed by atoms with van der Waals surface area (Å²) < 4.78 is 93.6. The van der Waals surface area contributed by atoms with Gasteiger partial charge in [-0.3, -0.25) is 18.8 Å². The summed E-state index contributed by atoms with van der Waals surface area (Å²) in [6, 6.07) is 14.3. The second kappa shape index (κ2) is 11.3. The number of aromatic nitrogens is 4. The van der Waals surface area contributed by atoms with Crippen molar-refractivity contribution in [2.75, 3.05) is 7.11 Å². The number of alkyl halides is 4. The number of amides is 1. The first-order chi connectivity index (χ1) is 22.5. The molecule has 2 heterocycles. The molecule has 7 rings (SSSR count). The van der Waals surface area contributed by atoms with Crippen LogP contribution in [0.15, 0.2) is 71.5 Å². The van der Waals surface area contributed by atoms with E-state index in [4.69, 9.17) is 4.74 Å². The van der Waals surface area contributed by atoms with Gasteiger partial charge in [0.05, 0.1) is 29.7 Å². The average Bonchev–Trinajstić information content (AvgIpc) is 3.69. The third-order valence-electron chi connectivity index (χ3n) is 8.60. The van der Waals surface area contributed by atoms with Gasteiger partial charge in [-0.1, -0.05) is 12.1 Å². The van der Waals surface area contributed by atoms with Crippen LogP contribution < -0.4 is 15.6 Å². The SMILES string of the molecule is COc1ccc(-n2c([C@H](Cc3cc(F)cc(F)c3)NC(=O)Cn3nc(C(F)F)c4c3C(F)(F)[C@@H]3C[C@H]43)nc3ccccc3c2=O)cc1. The Morgan fingerprint density at radius 1 is 1.06 bits per heavy atom. The van der Waals surface area contributed by atoms with Gasteiger partial charge in [-0.15, -0.1) is 0 Å². The molecule has 8 nitrogen and oxygen atoms in total. The zero-order chi connectivity index (χ0) is 33.2. The zero-order valence-electron chi connectivity index (χ0n) is 24.6. The van der Waals surface area contributed by atoms with E-state index >= 15 is 8.78 Å². The number of carbonyl (C=O) groups is 1. The molecule has 2 aliphatic carbocycles. The van der Waals surface area contributed by atoms with Crippen LogP contribution in [-0.4, -0.2) is 32.3 Å². The van der Waals surface area contributed by atoms with Gasteiger partial charge in [-0.2, -0.15) is 13.9 Å². The fourth-order valence-corrected chi connectivity index (χ4v) is 6.49. The first-order valence-electron chi connectivity index (χ1n) is 14.6. The smallest absolute Gasteiger partial charge is 0.293 e. The number of para-hydroxylation sites is 1. The Labute approximate surface area is 262 Å². The Morgan fingerprint density at radius 2 is 1.77 bits per heavy atom. The molecule has 0 saturated heterocycles. The number of nitrogens with one attached hydrogen (secondary N) is 1. The first-order valence-corrected chi connectivity index (χ1v) is 14.6. The summed E-state index contributed by atoms with van der Waals surface area (Å²) in [7, 11) is 1.46. The number of fused-ring (bicyclic) bond motifs is 4. The quantitative estimate of drug-likeness (QED) is 0.194. The Morgan fingerprint density at radius 3 is 2.45 bits per heavy atom. The molecular weight excluding hydrogens is 628 g/mol. The van der Waals surface area contributed by atoms with Gasteiger partial charge in [-0.25, -0.2) is 22.5 Å². The van der Waals surface area contributed by atoms with Gasteiger partial charge >= 0.3 is 0 Å². The minimum atomic E-state index is -3.45. The lowest BCUT2D eigenvalue weighted by Gasteiger charge is -2.24. The molecule has 2 aromatic heterocycles. The van der Waals surface area contributed by atoms with E-state index in [0.717, 1.165) is 12.1 Å². The molecule has 3 aromatic carbocycles. The van der Waals surface area contributed by atoms with Crippen LogP contribution in [0, 0.1) is 17.6 Å². The van der Waals surface area contributed by atoms with E-state index in [2.05, 4.69) is 15.4 Å². The summed E-state index contributed by atoms with van der Waals surface area (Å²) in [5.74, 6) is -7.60. The summed E-state index contributed by atoms with van der Waals surface area (Å²) in [5, 5.41) is 6.60. The molecule has 3 atom stereocenters. The van der Waals surface area contributed by atoms with Crippen LogP contribution in [0.1, 0.15) is 53.1 Å². The van der Waals surface area contributed by atoms with E-state index in [9.17, 15) is 27.2 Å². The molecule has 5 aromatic rings. The predicted octanol–water partition coefficient (Wildman–Crippen LogP) is 6.12. The third-order valence-corrected chi connectivity index (χ3v) is 8.60. The monoisotopic (exact) mass is 653 g/mol. The number of halogens is 6. The van der Waals surface area contributed by atoms with Gasteiger partial charge in [0.15, 0.2) is 0 Å². The van der Waals surface area contributed by atoms with Gasteiger partial charge in [0, 0.05) is 24.0 Å². The Hall–Kier alpha value is -5.14. The molecular formula is C33H25F6N5O3. The Kier molecular flexibility index (Phi) is 7.32. The minimum Gasteiger partial charge on any atom is -0.497 e. The van der Waals surface area contributed by atoms with Crippen molar-refractivity contribution in [2.24, 2.45) is 5.92 Å². The third kappa shape index (κ3) is 5.30. The Balaban J connectivity index is 1.33. The number of rotatable bonds is 9. The second-order valence-electron chi connectivity index (χ2n) is 11.6. The molecule has 0 aliphatic heterocycles. The van der Waals surface area contributed by atoms with E-state index in [-0.39, 0.29) is 40.7 Å². The van der Waals surface area contributed by atoms with Crippen LogP contribution in [0.25, 0.3) is 16.6 Å². The summed E-state index contributed by atoms with van der Waals surface area (Å²) in [5.41, 5.74) is -1.58. The lowest BCUT2D eigenvalue weighted by molar-refractivity contribution is -0.123. The predicted molar refractivity (Wildman–Crippen MR) is 157 cm³/mol. The normalized spacial score (nSPS) is 18.2. The van der Waals surface area contributed by atoms with Crippen LogP contribution >= 0.6 is 0 Å². The van der Waals surface area contributed by atoms with Crippen molar-refractivity contribution in [3.63, 3.8) is 0 Å². The molecule has 0 radical (unpaired) electrons. The fourth-order valence-electron chi connectivity index (χ4n) is 6.49. The van der Waals surface area contributed by atoms with Gasteiger partial charge in [0.25, 0.3) is 17.9 Å². The highest BCUT2D eigenvalue weighted by Crippen LogP contribution is 2.68. The van der Waals surface area contributed by atoms with E-state index in [0.29, 0.717) is 22.2 Å². The van der Waals surface area contributed by atoms with Crippen LogP contribution in [0.5, 0.6) is 5.75 Å². The van der Waals surface area contributed by atoms with Crippen molar-refractivity contribution in [1.29, 1.82) is 0 Å². The molecule has 1 saturated carbocycles. The average molecular weight is 654 g/mol. The fraction of sp³-hybridized carbons (Fsp3) is 0.273. The molecule has 2 aliphatic rings. The van der Waals surface area contributed by atoms with Crippen LogP contribution in [0.2, 0.25) is 0 Å². The highest BCUT2D eigenvalue weighted by atomic mass is 19.3. The molecule has 1 fully saturated rings. The highest BCUT2D eigenvalue weighted by Gasteiger charge is 2.67. The number of hydrogen-bond acceptors (Lipinski definition) is 5. The molecule has 0 spiro atoms. The topological polar surface area (TPSA) is 91.0 Å². The lowest BCUT2D eigenvalue weighted by Crippen LogP contribution is -2.38. The number of methoxy groups -OCH3 is 1. The largest absolute Gasteiger partial charge is 0.497 e. The van der Waals surface area contributed by atoms with Crippen molar-refractivity contribution >= 4 is 16.8 Å². The van der Waals surface area contributed by atoms with E-state index in [1.54, 1.807) is 48.5 Å². The number of ether oxygens (including phenoxy) is 1.